The first-order chi connectivity index (χ1) is 27.3. The summed E-state index contributed by atoms with van der Waals surface area (Å²) >= 11 is 0. The molecule has 14 nitrogen and oxygen atoms in total. The molecule has 5 aromatic rings. The number of non-ortho nitro benzene ring substituents is 1. The molecule has 0 atom stereocenters. The van der Waals surface area contributed by atoms with Gasteiger partial charge in [0.25, 0.3) is 5.91 Å². The summed E-state index contributed by atoms with van der Waals surface area (Å²) in [6, 6.07) is 20.5. The molecule has 1 fully saturated rings. The molecule has 296 valence electrons. The third-order valence-electron chi connectivity index (χ3n) is 10.7. The van der Waals surface area contributed by atoms with Crippen LogP contribution < -0.4 is 20.3 Å². The average Bonchev–Trinajstić information content (AvgIpc) is 3.85. The number of nitrogens with zero attached hydrogens (tertiary/aromatic N) is 5. The second-order valence-corrected chi connectivity index (χ2v) is 14.4. The van der Waals surface area contributed by atoms with Crippen molar-refractivity contribution in [1.29, 1.82) is 0 Å². The fraction of sp³-hybridized carbons (Fsp3) is 0.452. The van der Waals surface area contributed by atoms with Crippen molar-refractivity contribution in [3.8, 4) is 5.75 Å². The van der Waals surface area contributed by atoms with E-state index in [4.69, 9.17) is 4.74 Å². The molecule has 0 radical (unpaired) electrons. The normalized spacial score (nSPS) is 15.5. The van der Waals surface area contributed by atoms with Crippen LogP contribution in [-0.2, 0) is 22.6 Å². The minimum absolute atomic E-state index is 0.0425. The smallest absolute Gasteiger partial charge is 0.301 e. The Hall–Kier alpha value is -5.79. The Bertz CT molecular complexity index is 2140. The zero-order valence-electron chi connectivity index (χ0n) is 32.2. The Labute approximate surface area is 326 Å². The van der Waals surface area contributed by atoms with Gasteiger partial charge in [-0.25, -0.2) is 4.63 Å². The highest BCUT2D eigenvalue weighted by molar-refractivity contribution is 6.01. The second kappa shape index (κ2) is 19.2. The highest BCUT2D eigenvalue weighted by Crippen LogP contribution is 2.31. The van der Waals surface area contributed by atoms with E-state index in [9.17, 15) is 24.5 Å². The predicted molar refractivity (Wildman–Crippen MR) is 214 cm³/mol. The molecule has 0 aliphatic heterocycles. The highest BCUT2D eigenvalue weighted by atomic mass is 16.6. The maximum atomic E-state index is 13.7. The lowest BCUT2D eigenvalue weighted by Crippen LogP contribution is -2.42. The lowest BCUT2D eigenvalue weighted by molar-refractivity contribution is -0.383. The predicted octanol–water partition coefficient (Wildman–Crippen LogP) is 7.53. The largest absolute Gasteiger partial charge is 0.491 e. The van der Waals surface area contributed by atoms with E-state index in [1.165, 1.54) is 12.1 Å². The first-order valence-corrected chi connectivity index (χ1v) is 19.9. The SMILES string of the molecule is CCc1cccc(N(CC)C(=O)Cn2c(C(=O)N[C@H]3CC[C@H](C(=O)NCCCCCCCCOc4ccc([N+](=O)[O-])c5nonc45)CC3)cc3ccccc32)c1. The van der Waals surface area contributed by atoms with Gasteiger partial charge in [-0.1, -0.05) is 62.9 Å². The Kier molecular flexibility index (Phi) is 13.7. The van der Waals surface area contributed by atoms with Gasteiger partial charge in [0.05, 0.1) is 11.5 Å². The van der Waals surface area contributed by atoms with Gasteiger partial charge in [-0.15, -0.1) is 0 Å². The van der Waals surface area contributed by atoms with E-state index in [1.807, 2.05) is 60.0 Å². The summed E-state index contributed by atoms with van der Waals surface area (Å²) in [4.78, 5) is 52.8. The lowest BCUT2D eigenvalue weighted by atomic mass is 9.85. The standard InChI is InChI=1S/C42H51N7O7/c1-3-29-14-13-16-33(26-29)47(4-2)38(50)28-48-34-17-10-9-15-31(34)27-36(48)42(52)44-32-20-18-30(19-21-32)41(51)43-24-11-7-5-6-8-12-25-55-37-23-22-35(49(53)54)39-40(37)46-56-45-39/h9-10,13-17,22-23,26-27,30,32H,3-8,11-12,18-21,24-25,28H2,1-2H3,(H,43,51)(H,44,52)/t30-,32-. The number of aromatic nitrogens is 3. The van der Waals surface area contributed by atoms with Crippen molar-refractivity contribution in [2.45, 2.75) is 97.1 Å². The minimum atomic E-state index is -0.528. The van der Waals surface area contributed by atoms with E-state index in [2.05, 4.69) is 38.6 Å². The number of carbonyl (C=O) groups is 3. The molecule has 0 bridgehead atoms. The number of likely N-dealkylation sites (N-methyl/N-ethyl adjacent to an activating group) is 1. The number of aryl methyl sites for hydroxylation is 1. The Balaban J connectivity index is 0.888. The van der Waals surface area contributed by atoms with Crippen molar-refractivity contribution in [1.82, 2.24) is 25.5 Å². The quantitative estimate of drug-likeness (QED) is 0.0489. The van der Waals surface area contributed by atoms with E-state index in [0.29, 0.717) is 56.8 Å². The van der Waals surface area contributed by atoms with E-state index in [-0.39, 0.29) is 52.9 Å². The van der Waals surface area contributed by atoms with Crippen LogP contribution in [0.3, 0.4) is 0 Å². The molecule has 2 heterocycles. The average molecular weight is 766 g/mol. The molecular formula is C42H51N7O7. The van der Waals surface area contributed by atoms with Crippen LogP contribution >= 0.6 is 0 Å². The van der Waals surface area contributed by atoms with Gasteiger partial charge in [-0.2, -0.15) is 0 Å². The molecule has 0 unspecified atom stereocenters. The zero-order chi connectivity index (χ0) is 39.4. The van der Waals surface area contributed by atoms with Crippen molar-refractivity contribution in [3.63, 3.8) is 0 Å². The van der Waals surface area contributed by atoms with Gasteiger partial charge < -0.3 is 24.8 Å². The monoisotopic (exact) mass is 765 g/mol. The van der Waals surface area contributed by atoms with Crippen LogP contribution in [0.2, 0.25) is 0 Å². The second-order valence-electron chi connectivity index (χ2n) is 14.4. The number of hydrogen-bond donors (Lipinski definition) is 2. The van der Waals surface area contributed by atoms with Crippen molar-refractivity contribution in [3.05, 3.63) is 88.1 Å². The number of amides is 3. The maximum absolute atomic E-state index is 13.7. The van der Waals surface area contributed by atoms with Gasteiger partial charge in [0, 0.05) is 47.7 Å². The fourth-order valence-corrected chi connectivity index (χ4v) is 7.56. The first kappa shape index (κ1) is 39.9. The molecular weight excluding hydrogens is 715 g/mol. The summed E-state index contributed by atoms with van der Waals surface area (Å²) in [5.74, 6) is 0.140. The van der Waals surface area contributed by atoms with Crippen LogP contribution in [-0.4, -0.2) is 63.3 Å². The summed E-state index contributed by atoms with van der Waals surface area (Å²) in [6.45, 7) is 5.71. The molecule has 3 amide bonds. The summed E-state index contributed by atoms with van der Waals surface area (Å²) in [7, 11) is 0. The topological polar surface area (TPSA) is 175 Å². The molecule has 1 saturated carbocycles. The van der Waals surface area contributed by atoms with Crippen LogP contribution in [0.25, 0.3) is 21.9 Å². The van der Waals surface area contributed by atoms with E-state index in [1.54, 1.807) is 4.90 Å². The molecule has 0 saturated heterocycles. The molecule has 2 aromatic heterocycles. The molecule has 6 rings (SSSR count). The van der Waals surface area contributed by atoms with Crippen molar-refractivity contribution >= 4 is 51.0 Å². The third kappa shape index (κ3) is 9.71. The molecule has 0 spiro atoms. The number of unbranched alkanes of at least 4 members (excludes halogenated alkanes) is 5. The maximum Gasteiger partial charge on any atom is 0.301 e. The zero-order valence-corrected chi connectivity index (χ0v) is 32.2. The molecule has 2 N–H and O–H groups in total. The minimum Gasteiger partial charge on any atom is -0.491 e. The summed E-state index contributed by atoms with van der Waals surface area (Å²) < 4.78 is 12.3. The molecule has 14 heteroatoms. The third-order valence-corrected chi connectivity index (χ3v) is 10.7. The van der Waals surface area contributed by atoms with Gasteiger partial charge in [0.2, 0.25) is 17.3 Å². The van der Waals surface area contributed by atoms with Crippen LogP contribution in [0.15, 0.2) is 71.4 Å². The number of nitrogens with one attached hydrogen (secondary N) is 2. The van der Waals surface area contributed by atoms with E-state index < -0.39 is 4.92 Å². The van der Waals surface area contributed by atoms with Crippen molar-refractivity contribution < 1.29 is 28.7 Å². The number of para-hydroxylation sites is 1. The first-order valence-electron chi connectivity index (χ1n) is 19.9. The van der Waals surface area contributed by atoms with Crippen LogP contribution in [0, 0.1) is 16.0 Å². The van der Waals surface area contributed by atoms with E-state index in [0.717, 1.165) is 67.1 Å². The molecule has 1 aliphatic rings. The molecule has 3 aromatic carbocycles. The summed E-state index contributed by atoms with van der Waals surface area (Å²) in [5.41, 5.74) is 3.46. The van der Waals surface area contributed by atoms with Gasteiger partial charge in [-0.05, 0) is 98.1 Å². The number of ether oxygens (including phenoxy) is 1. The summed E-state index contributed by atoms with van der Waals surface area (Å²) in [6.07, 6.45) is 9.55. The molecule has 56 heavy (non-hydrogen) atoms. The Morgan fingerprint density at radius 3 is 2.43 bits per heavy atom. The van der Waals surface area contributed by atoms with Crippen LogP contribution in [0.4, 0.5) is 11.4 Å². The van der Waals surface area contributed by atoms with Crippen molar-refractivity contribution in [2.24, 2.45) is 5.92 Å². The lowest BCUT2D eigenvalue weighted by Gasteiger charge is -2.28. The highest BCUT2D eigenvalue weighted by Gasteiger charge is 2.29. The van der Waals surface area contributed by atoms with Gasteiger partial charge in [0.1, 0.15) is 12.2 Å². The number of rotatable bonds is 19. The number of benzene rings is 3. The summed E-state index contributed by atoms with van der Waals surface area (Å²) in [5, 5.41) is 25.8. The number of nitro benzene ring substituents is 1. The number of anilines is 1. The van der Waals surface area contributed by atoms with Crippen LogP contribution in [0.5, 0.6) is 5.75 Å². The van der Waals surface area contributed by atoms with Gasteiger partial charge in [0.15, 0.2) is 11.3 Å². The van der Waals surface area contributed by atoms with Gasteiger partial charge in [-0.3, -0.25) is 24.5 Å². The van der Waals surface area contributed by atoms with Crippen LogP contribution in [0.1, 0.15) is 94.1 Å². The van der Waals surface area contributed by atoms with E-state index >= 15 is 0 Å². The number of hydrogen-bond acceptors (Lipinski definition) is 9. The molecule has 1 aliphatic carbocycles. The Morgan fingerprint density at radius 2 is 1.66 bits per heavy atom. The fourth-order valence-electron chi connectivity index (χ4n) is 7.56. The van der Waals surface area contributed by atoms with Gasteiger partial charge >= 0.3 is 5.69 Å². The number of fused-ring (bicyclic) bond motifs is 2. The Morgan fingerprint density at radius 1 is 0.911 bits per heavy atom. The van der Waals surface area contributed by atoms with Crippen molar-refractivity contribution in [2.75, 3.05) is 24.6 Å². The number of nitro groups is 1. The number of carbonyl (C=O) groups excluding carboxylic acids is 3.